The monoisotopic (exact) mass is 509 g/mol. The summed E-state index contributed by atoms with van der Waals surface area (Å²) < 4.78 is 1.98. The molecule has 2 heterocycles. The average Bonchev–Trinajstić information content (AvgIpc) is 3.35. The second-order valence-electron chi connectivity index (χ2n) is 8.70. The van der Waals surface area contributed by atoms with Crippen molar-refractivity contribution >= 4 is 24.4 Å². The van der Waals surface area contributed by atoms with Crippen molar-refractivity contribution in [2.24, 2.45) is 0 Å². The molecule has 1 N–H and O–H groups in total. The molecule has 1 aromatic carbocycles. The molecule has 36 heavy (non-hydrogen) atoms. The van der Waals surface area contributed by atoms with Crippen LogP contribution >= 0.6 is 12.6 Å². The maximum absolute atomic E-state index is 11.9. The number of β-lactam (4-membered cyclic amide) rings is 1. The number of para-hydroxylation sites is 1. The van der Waals surface area contributed by atoms with Gasteiger partial charge in [-0.15, -0.1) is 10.2 Å². The molecule has 7 nitrogen and oxygen atoms in total. The van der Waals surface area contributed by atoms with Gasteiger partial charge in [0.25, 0.3) is 0 Å². The van der Waals surface area contributed by atoms with Gasteiger partial charge in [0.2, 0.25) is 11.8 Å². The zero-order valence-electron chi connectivity index (χ0n) is 21.5. The summed E-state index contributed by atoms with van der Waals surface area (Å²) in [4.78, 5) is 24.9. The third-order valence-electron chi connectivity index (χ3n) is 5.65. The van der Waals surface area contributed by atoms with Crippen LogP contribution in [0.2, 0.25) is 0 Å². The molecule has 2 amide bonds. The molecule has 1 fully saturated rings. The van der Waals surface area contributed by atoms with Crippen molar-refractivity contribution in [1.82, 2.24) is 25.0 Å². The molecule has 0 atom stereocenters. The predicted octanol–water partition coefficient (Wildman–Crippen LogP) is 4.71. The Labute approximate surface area is 220 Å². The molecule has 1 saturated heterocycles. The van der Waals surface area contributed by atoms with Crippen LogP contribution in [0, 0.1) is 0 Å². The first kappa shape index (κ1) is 29.1. The molecule has 1 aliphatic rings. The van der Waals surface area contributed by atoms with Crippen LogP contribution in [0.5, 0.6) is 0 Å². The highest BCUT2D eigenvalue weighted by atomic mass is 32.1. The summed E-state index contributed by atoms with van der Waals surface area (Å²) in [6.07, 6.45) is 12.3. The smallest absolute Gasteiger partial charge is 0.224 e. The number of benzene rings is 1. The number of carbonyl (C=O) groups excluding carboxylic acids is 2. The van der Waals surface area contributed by atoms with Crippen molar-refractivity contribution in [1.29, 1.82) is 0 Å². The van der Waals surface area contributed by atoms with Crippen LogP contribution in [0.1, 0.15) is 51.8 Å². The van der Waals surface area contributed by atoms with Crippen LogP contribution < -0.4 is 5.32 Å². The van der Waals surface area contributed by atoms with E-state index in [0.717, 1.165) is 61.6 Å². The Balaban J connectivity index is 0.000000388. The van der Waals surface area contributed by atoms with Gasteiger partial charge in [-0.1, -0.05) is 48.6 Å². The number of hydrogen-bond donors (Lipinski definition) is 2. The normalized spacial score (nSPS) is 13.2. The van der Waals surface area contributed by atoms with Gasteiger partial charge >= 0.3 is 0 Å². The van der Waals surface area contributed by atoms with Crippen LogP contribution in [-0.4, -0.2) is 56.9 Å². The third-order valence-corrected chi connectivity index (χ3v) is 6.05. The van der Waals surface area contributed by atoms with Crippen molar-refractivity contribution in [2.75, 3.05) is 25.4 Å². The van der Waals surface area contributed by atoms with Crippen molar-refractivity contribution in [3.8, 4) is 5.69 Å². The molecular formula is C28H39N5O2S. The Bertz CT molecular complexity index is 1030. The van der Waals surface area contributed by atoms with Gasteiger partial charge in [0.05, 0.1) is 0 Å². The lowest BCUT2D eigenvalue weighted by Gasteiger charge is -2.30. The van der Waals surface area contributed by atoms with Crippen molar-refractivity contribution in [3.63, 3.8) is 0 Å². The number of amides is 2. The Morgan fingerprint density at radius 3 is 2.64 bits per heavy atom. The van der Waals surface area contributed by atoms with Gasteiger partial charge in [-0.25, -0.2) is 0 Å². The van der Waals surface area contributed by atoms with E-state index >= 15 is 0 Å². The minimum absolute atomic E-state index is 0.0736. The first-order valence-corrected chi connectivity index (χ1v) is 13.2. The van der Waals surface area contributed by atoms with Gasteiger partial charge in [0, 0.05) is 50.3 Å². The zero-order valence-corrected chi connectivity index (χ0v) is 22.4. The number of aromatic nitrogens is 3. The van der Waals surface area contributed by atoms with Gasteiger partial charge in [0.15, 0.2) is 0 Å². The lowest BCUT2D eigenvalue weighted by Crippen LogP contribution is -2.44. The quantitative estimate of drug-likeness (QED) is 0.177. The number of hydrogen-bond acceptors (Lipinski definition) is 5. The minimum Gasteiger partial charge on any atom is -0.356 e. The molecule has 1 aliphatic heterocycles. The lowest BCUT2D eigenvalue weighted by molar-refractivity contribution is -0.139. The van der Waals surface area contributed by atoms with E-state index in [-0.39, 0.29) is 11.8 Å². The second-order valence-corrected chi connectivity index (χ2v) is 9.02. The number of thiol groups is 1. The first-order chi connectivity index (χ1) is 17.4. The molecule has 2 aromatic rings. The summed E-state index contributed by atoms with van der Waals surface area (Å²) in [5.74, 6) is 1.94. The highest BCUT2D eigenvalue weighted by Crippen LogP contribution is 2.12. The number of carbonyl (C=O) groups is 2. The van der Waals surface area contributed by atoms with Gasteiger partial charge in [-0.05, 0) is 50.8 Å². The van der Waals surface area contributed by atoms with Gasteiger partial charge in [0.1, 0.15) is 12.2 Å². The molecule has 1 aromatic heterocycles. The fourth-order valence-corrected chi connectivity index (χ4v) is 3.76. The van der Waals surface area contributed by atoms with Crippen molar-refractivity contribution < 1.29 is 9.59 Å². The van der Waals surface area contributed by atoms with Crippen LogP contribution in [0.3, 0.4) is 0 Å². The van der Waals surface area contributed by atoms with Crippen LogP contribution in [-0.2, 0) is 16.0 Å². The van der Waals surface area contributed by atoms with E-state index < -0.39 is 0 Å². The number of nitrogens with one attached hydrogen (secondary N) is 1. The van der Waals surface area contributed by atoms with E-state index in [9.17, 15) is 9.59 Å². The number of likely N-dealkylation sites (tertiary alicyclic amines) is 1. The molecule has 0 saturated carbocycles. The minimum atomic E-state index is 0.0736. The largest absolute Gasteiger partial charge is 0.356 e. The van der Waals surface area contributed by atoms with Crippen molar-refractivity contribution in [2.45, 2.75) is 52.4 Å². The summed E-state index contributed by atoms with van der Waals surface area (Å²) in [5, 5.41) is 11.1. The standard InChI is InChI=1S/C19H25N5O2.C9H14S/c25-18(20-12-6-13-23-14-11-19(23)26)10-5-4-9-17-22-21-15-24(17)16-7-2-1-3-8-16;1-4-5-8(2)6-9(3)7-10/h1-3,7-8,15H,4-6,9-14H2,(H,20,25);4-6,10H,3,7H2,1-2H3/b;5-4+,8-6-. The summed E-state index contributed by atoms with van der Waals surface area (Å²) in [7, 11) is 0. The van der Waals surface area contributed by atoms with Crippen molar-refractivity contribution in [3.05, 3.63) is 78.4 Å². The topological polar surface area (TPSA) is 80.1 Å². The maximum Gasteiger partial charge on any atom is 0.224 e. The van der Waals surface area contributed by atoms with E-state index in [4.69, 9.17) is 0 Å². The molecule has 0 radical (unpaired) electrons. The number of aryl methyl sites for hydroxylation is 1. The second kappa shape index (κ2) is 16.5. The van der Waals surface area contributed by atoms with Gasteiger partial charge < -0.3 is 10.2 Å². The highest BCUT2D eigenvalue weighted by Gasteiger charge is 2.22. The average molecular weight is 510 g/mol. The number of allylic oxidation sites excluding steroid dienone is 4. The van der Waals surface area contributed by atoms with E-state index in [0.29, 0.717) is 19.4 Å². The van der Waals surface area contributed by atoms with Crippen LogP contribution in [0.4, 0.5) is 0 Å². The Morgan fingerprint density at radius 1 is 1.22 bits per heavy atom. The lowest BCUT2D eigenvalue weighted by atomic mass is 10.1. The molecule has 194 valence electrons. The fourth-order valence-electron chi connectivity index (χ4n) is 3.66. The molecule has 3 rings (SSSR count). The van der Waals surface area contributed by atoms with Crippen LogP contribution in [0.25, 0.3) is 5.69 Å². The van der Waals surface area contributed by atoms with Crippen LogP contribution in [0.15, 0.2) is 72.6 Å². The molecule has 8 heteroatoms. The molecule has 0 bridgehead atoms. The van der Waals surface area contributed by atoms with E-state index in [2.05, 4.69) is 47.7 Å². The molecule has 0 unspecified atom stereocenters. The van der Waals surface area contributed by atoms with E-state index in [1.807, 2.05) is 58.9 Å². The highest BCUT2D eigenvalue weighted by molar-refractivity contribution is 7.80. The number of nitrogens with zero attached hydrogens (tertiary/aromatic N) is 4. The fraction of sp³-hybridized carbons (Fsp3) is 0.429. The van der Waals surface area contributed by atoms with E-state index in [1.54, 1.807) is 6.33 Å². The third kappa shape index (κ3) is 10.6. The number of unbranched alkanes of at least 4 members (excludes halogenated alkanes) is 1. The first-order valence-electron chi connectivity index (χ1n) is 12.5. The Hall–Kier alpha value is -3.13. The molecular weight excluding hydrogens is 470 g/mol. The van der Waals surface area contributed by atoms with Gasteiger partial charge in [-0.3, -0.25) is 14.2 Å². The summed E-state index contributed by atoms with van der Waals surface area (Å²) in [6.45, 7) is 10.1. The Morgan fingerprint density at radius 2 is 2.00 bits per heavy atom. The maximum atomic E-state index is 11.9. The predicted molar refractivity (Wildman–Crippen MR) is 149 cm³/mol. The summed E-state index contributed by atoms with van der Waals surface area (Å²) in [5.41, 5.74) is 3.33. The molecule has 0 spiro atoms. The number of rotatable bonds is 13. The van der Waals surface area contributed by atoms with E-state index in [1.165, 1.54) is 5.57 Å². The molecule has 0 aliphatic carbocycles. The summed E-state index contributed by atoms with van der Waals surface area (Å²) in [6, 6.07) is 10.00. The zero-order chi connectivity index (χ0) is 26.2. The Kier molecular flexibility index (Phi) is 13.4. The van der Waals surface area contributed by atoms with Gasteiger partial charge in [-0.2, -0.15) is 12.6 Å². The summed E-state index contributed by atoms with van der Waals surface area (Å²) >= 11 is 4.09. The SMILES string of the molecule is C=C(/C=C(C)\C=C\C)CS.O=C(CCCCc1nncn1-c1ccccc1)NCCCN1CCC1=O.